The molecule has 0 saturated carbocycles. The highest BCUT2D eigenvalue weighted by Crippen LogP contribution is 2.16. The van der Waals surface area contributed by atoms with Gasteiger partial charge in [-0.3, -0.25) is 24.0 Å². The fraction of sp³-hybridized carbons (Fsp3) is 0.808. The largest absolute Gasteiger partial charge is 0.343 e. The average molecular weight is 510 g/mol. The van der Waals surface area contributed by atoms with Crippen LogP contribution < -0.4 is 16.0 Å². The zero-order valence-corrected chi connectivity index (χ0v) is 23.3. The van der Waals surface area contributed by atoms with E-state index in [1.165, 1.54) is 18.9 Å². The van der Waals surface area contributed by atoms with Crippen molar-refractivity contribution in [2.45, 2.75) is 105 Å². The molecule has 0 unspecified atom stereocenters. The monoisotopic (exact) mass is 509 g/mol. The second-order valence-electron chi connectivity index (χ2n) is 10.5. The molecule has 1 heterocycles. The molecule has 5 atom stereocenters. The Morgan fingerprint density at radius 2 is 1.42 bits per heavy atom. The lowest BCUT2D eigenvalue weighted by Crippen LogP contribution is -2.58. The zero-order valence-electron chi connectivity index (χ0n) is 23.3. The van der Waals surface area contributed by atoms with Crippen LogP contribution in [0.5, 0.6) is 0 Å². The van der Waals surface area contributed by atoms with E-state index in [4.69, 9.17) is 0 Å². The van der Waals surface area contributed by atoms with E-state index >= 15 is 0 Å². The van der Waals surface area contributed by atoms with Crippen molar-refractivity contribution in [3.8, 4) is 0 Å². The van der Waals surface area contributed by atoms with E-state index < -0.39 is 41.9 Å². The molecular weight excluding hydrogens is 462 g/mol. The average Bonchev–Trinajstić information content (AvgIpc) is 2.84. The van der Waals surface area contributed by atoms with Crippen molar-refractivity contribution in [3.05, 3.63) is 0 Å². The highest BCUT2D eigenvalue weighted by molar-refractivity contribution is 5.95. The molecule has 5 amide bonds. The molecule has 1 fully saturated rings. The number of likely N-dealkylation sites (tertiary alicyclic amines) is 1. The van der Waals surface area contributed by atoms with E-state index in [-0.39, 0.29) is 23.7 Å². The molecule has 0 bridgehead atoms. The van der Waals surface area contributed by atoms with Crippen LogP contribution in [0.15, 0.2) is 0 Å². The number of likely N-dealkylation sites (N-methyl/N-ethyl adjacent to an activating group) is 1. The Balaban J connectivity index is 2.87. The van der Waals surface area contributed by atoms with Gasteiger partial charge in [0, 0.05) is 27.1 Å². The minimum atomic E-state index is -0.901. The predicted octanol–water partition coefficient (Wildman–Crippen LogP) is 1.43. The lowest BCUT2D eigenvalue weighted by Gasteiger charge is -2.33. The zero-order chi connectivity index (χ0) is 27.6. The van der Waals surface area contributed by atoms with E-state index in [1.54, 1.807) is 13.8 Å². The Bertz CT molecular complexity index is 781. The number of hydrogen-bond donors (Lipinski definition) is 3. The second kappa shape index (κ2) is 14.8. The molecule has 0 aliphatic carbocycles. The summed E-state index contributed by atoms with van der Waals surface area (Å²) in [7, 11) is 1.52. The molecule has 1 aliphatic heterocycles. The first-order valence-corrected chi connectivity index (χ1v) is 13.2. The number of carbonyl (C=O) groups excluding carboxylic acids is 5. The van der Waals surface area contributed by atoms with Crippen LogP contribution in [-0.2, 0) is 24.0 Å². The van der Waals surface area contributed by atoms with Crippen LogP contribution in [0, 0.1) is 11.8 Å². The van der Waals surface area contributed by atoms with Gasteiger partial charge in [-0.1, -0.05) is 34.1 Å². The third-order valence-corrected chi connectivity index (χ3v) is 6.99. The number of nitrogens with zero attached hydrogens (tertiary/aromatic N) is 2. The molecule has 0 aromatic rings. The molecule has 10 heteroatoms. The molecule has 36 heavy (non-hydrogen) atoms. The Labute approximate surface area is 216 Å². The molecule has 1 saturated heterocycles. The SMILES string of the molecule is CC[C@H](C)[C@H](NC(=O)[C@H](C)NC(=O)[C@H](CC(C)C)NC(=O)[C@H](C)N(C)C(C)=O)C(=O)N1CCCCC1. The van der Waals surface area contributed by atoms with Gasteiger partial charge in [0.1, 0.15) is 24.2 Å². The number of piperidine rings is 1. The van der Waals surface area contributed by atoms with Gasteiger partial charge in [0.25, 0.3) is 0 Å². The van der Waals surface area contributed by atoms with Crippen molar-refractivity contribution in [1.82, 2.24) is 25.8 Å². The van der Waals surface area contributed by atoms with E-state index in [2.05, 4.69) is 16.0 Å². The maximum atomic E-state index is 13.1. The van der Waals surface area contributed by atoms with Gasteiger partial charge < -0.3 is 25.8 Å². The van der Waals surface area contributed by atoms with Gasteiger partial charge in [-0.15, -0.1) is 0 Å². The molecule has 3 N–H and O–H groups in total. The van der Waals surface area contributed by atoms with Gasteiger partial charge in [-0.25, -0.2) is 0 Å². The van der Waals surface area contributed by atoms with E-state index in [9.17, 15) is 24.0 Å². The summed E-state index contributed by atoms with van der Waals surface area (Å²) in [5, 5.41) is 8.27. The van der Waals surface area contributed by atoms with Gasteiger partial charge in [-0.05, 0) is 51.4 Å². The Kier molecular flexibility index (Phi) is 12.9. The van der Waals surface area contributed by atoms with Crippen molar-refractivity contribution >= 4 is 29.5 Å². The fourth-order valence-electron chi connectivity index (χ4n) is 4.10. The van der Waals surface area contributed by atoms with Crippen molar-refractivity contribution in [1.29, 1.82) is 0 Å². The summed E-state index contributed by atoms with van der Waals surface area (Å²) in [4.78, 5) is 66.6. The number of rotatable bonds is 12. The van der Waals surface area contributed by atoms with Crippen LogP contribution in [0.2, 0.25) is 0 Å². The highest BCUT2D eigenvalue weighted by Gasteiger charge is 2.33. The molecule has 0 aromatic carbocycles. The lowest BCUT2D eigenvalue weighted by molar-refractivity contribution is -0.140. The van der Waals surface area contributed by atoms with Gasteiger partial charge in [-0.2, -0.15) is 0 Å². The minimum absolute atomic E-state index is 0.0565. The van der Waals surface area contributed by atoms with Crippen LogP contribution in [0.25, 0.3) is 0 Å². The van der Waals surface area contributed by atoms with E-state index in [0.29, 0.717) is 19.5 Å². The lowest BCUT2D eigenvalue weighted by atomic mass is 9.96. The summed E-state index contributed by atoms with van der Waals surface area (Å²) in [6, 6.07) is -3.17. The summed E-state index contributed by atoms with van der Waals surface area (Å²) in [6.07, 6.45) is 4.11. The Morgan fingerprint density at radius 1 is 0.833 bits per heavy atom. The Hall–Kier alpha value is -2.65. The van der Waals surface area contributed by atoms with Gasteiger partial charge in [0.05, 0.1) is 0 Å². The smallest absolute Gasteiger partial charge is 0.245 e. The summed E-state index contributed by atoms with van der Waals surface area (Å²) in [6.45, 7) is 13.7. The first kappa shape index (κ1) is 31.4. The number of carbonyl (C=O) groups is 5. The second-order valence-corrected chi connectivity index (χ2v) is 10.5. The molecule has 1 rings (SSSR count). The van der Waals surface area contributed by atoms with Crippen LogP contribution in [0.4, 0.5) is 0 Å². The summed E-state index contributed by atoms with van der Waals surface area (Å²) in [5.74, 6) is -1.68. The third kappa shape index (κ3) is 9.43. The van der Waals surface area contributed by atoms with E-state index in [1.807, 2.05) is 32.6 Å². The number of hydrogen-bond acceptors (Lipinski definition) is 5. The van der Waals surface area contributed by atoms with Crippen LogP contribution in [0.3, 0.4) is 0 Å². The molecule has 0 spiro atoms. The molecule has 10 nitrogen and oxygen atoms in total. The van der Waals surface area contributed by atoms with Gasteiger partial charge >= 0.3 is 0 Å². The van der Waals surface area contributed by atoms with Crippen LogP contribution in [-0.4, -0.2) is 83.6 Å². The maximum Gasteiger partial charge on any atom is 0.245 e. The minimum Gasteiger partial charge on any atom is -0.343 e. The molecule has 1 aliphatic rings. The third-order valence-electron chi connectivity index (χ3n) is 6.99. The summed E-state index contributed by atoms with van der Waals surface area (Å²) < 4.78 is 0. The first-order chi connectivity index (χ1) is 16.8. The molecule has 0 aromatic heterocycles. The van der Waals surface area contributed by atoms with Gasteiger partial charge in [0.2, 0.25) is 29.5 Å². The standard InChI is InChI=1S/C26H47N5O5/c1-9-17(4)22(26(36)31-13-11-10-12-14-31)29-23(33)18(5)27-25(35)21(15-16(2)3)28-24(34)19(6)30(8)20(7)32/h16-19,21-22H,9-15H2,1-8H3,(H,27,35)(H,28,34)(H,29,33)/t17-,18-,19-,21-,22-/m0/s1. The molecule has 0 radical (unpaired) electrons. The fourth-order valence-corrected chi connectivity index (χ4v) is 4.10. The van der Waals surface area contributed by atoms with Crippen LogP contribution in [0.1, 0.15) is 80.6 Å². The normalized spacial score (nSPS) is 17.9. The van der Waals surface area contributed by atoms with Crippen molar-refractivity contribution in [3.63, 3.8) is 0 Å². The highest BCUT2D eigenvalue weighted by atomic mass is 16.2. The summed E-state index contributed by atoms with van der Waals surface area (Å²) in [5.41, 5.74) is 0. The molecular formula is C26H47N5O5. The number of amides is 5. The first-order valence-electron chi connectivity index (χ1n) is 13.2. The maximum absolute atomic E-state index is 13.1. The van der Waals surface area contributed by atoms with Gasteiger partial charge in [0.15, 0.2) is 0 Å². The van der Waals surface area contributed by atoms with Crippen molar-refractivity contribution in [2.75, 3.05) is 20.1 Å². The van der Waals surface area contributed by atoms with Crippen molar-refractivity contribution < 1.29 is 24.0 Å². The Morgan fingerprint density at radius 3 is 1.92 bits per heavy atom. The van der Waals surface area contributed by atoms with E-state index in [0.717, 1.165) is 25.7 Å². The predicted molar refractivity (Wildman–Crippen MR) is 139 cm³/mol. The van der Waals surface area contributed by atoms with Crippen LogP contribution >= 0.6 is 0 Å². The molecule has 206 valence electrons. The van der Waals surface area contributed by atoms with Crippen molar-refractivity contribution in [2.24, 2.45) is 11.8 Å². The summed E-state index contributed by atoms with van der Waals surface area (Å²) >= 11 is 0. The topological polar surface area (TPSA) is 128 Å². The quantitative estimate of drug-likeness (QED) is 0.367. The number of nitrogens with one attached hydrogen (secondary N) is 3.